The lowest BCUT2D eigenvalue weighted by atomic mass is 10.0. The quantitative estimate of drug-likeness (QED) is 0.512. The van der Waals surface area contributed by atoms with Crippen LogP contribution < -0.4 is 5.43 Å². The van der Waals surface area contributed by atoms with E-state index in [0.29, 0.717) is 23.6 Å². The maximum atomic E-state index is 12.3. The Balaban J connectivity index is 2.36. The van der Waals surface area contributed by atoms with E-state index in [2.05, 4.69) is 0 Å². The molecule has 0 aliphatic heterocycles. The molecule has 0 saturated heterocycles. The Morgan fingerprint density at radius 1 is 0.818 bits per heavy atom. The molecule has 1 heterocycles. The molecule has 0 spiro atoms. The highest BCUT2D eigenvalue weighted by molar-refractivity contribution is 5.29. The Morgan fingerprint density at radius 3 is 1.86 bits per heavy atom. The summed E-state index contributed by atoms with van der Waals surface area (Å²) in [4.78, 5) is 12.3. The molecular weight excluding hydrogens is 278 g/mol. The van der Waals surface area contributed by atoms with Gasteiger partial charge in [-0.15, -0.1) is 0 Å². The fourth-order valence-corrected chi connectivity index (χ4v) is 2.86. The monoisotopic (exact) mass is 309 g/mol. The number of rotatable bonds is 10. The third-order valence-electron chi connectivity index (χ3n) is 4.56. The van der Waals surface area contributed by atoms with E-state index >= 15 is 0 Å². The predicted octanol–water partition coefficient (Wildman–Crippen LogP) is 3.67. The molecule has 0 aliphatic carbocycles. The topological polar surface area (TPSA) is 62.5 Å². The lowest BCUT2D eigenvalue weighted by Gasteiger charge is -2.14. The largest absolute Gasteiger partial charge is 0.428 e. The predicted molar refractivity (Wildman–Crippen MR) is 89.8 cm³/mol. The third-order valence-corrected chi connectivity index (χ3v) is 4.56. The Morgan fingerprint density at radius 2 is 1.32 bits per heavy atom. The molecule has 0 unspecified atom stereocenters. The SMILES string of the molecule is Cc1c(C)n(O)c(C)c(CCCCCCCCCCO)c1=O. The first-order valence-electron chi connectivity index (χ1n) is 8.52. The zero-order valence-corrected chi connectivity index (χ0v) is 14.3. The second-order valence-corrected chi connectivity index (χ2v) is 6.22. The van der Waals surface area contributed by atoms with Crippen LogP contribution in [0.15, 0.2) is 4.79 Å². The molecule has 0 aromatic carbocycles. The smallest absolute Gasteiger partial charge is 0.188 e. The number of aliphatic hydroxyl groups is 1. The minimum atomic E-state index is 0.0873. The van der Waals surface area contributed by atoms with Crippen LogP contribution in [0.1, 0.15) is 73.9 Å². The van der Waals surface area contributed by atoms with Crippen molar-refractivity contribution in [1.82, 2.24) is 4.73 Å². The van der Waals surface area contributed by atoms with E-state index in [-0.39, 0.29) is 5.43 Å². The number of aromatic nitrogens is 1. The number of pyridine rings is 1. The van der Waals surface area contributed by atoms with Gasteiger partial charge in [-0.25, -0.2) is 0 Å². The Bertz CT molecular complexity index is 520. The van der Waals surface area contributed by atoms with Gasteiger partial charge in [0.05, 0.1) is 11.4 Å². The van der Waals surface area contributed by atoms with E-state index in [1.54, 1.807) is 13.8 Å². The van der Waals surface area contributed by atoms with Crippen molar-refractivity contribution >= 4 is 0 Å². The van der Waals surface area contributed by atoms with Crippen molar-refractivity contribution in [2.75, 3.05) is 6.61 Å². The fourth-order valence-electron chi connectivity index (χ4n) is 2.86. The zero-order chi connectivity index (χ0) is 16.5. The van der Waals surface area contributed by atoms with Crippen LogP contribution in [0.5, 0.6) is 0 Å². The van der Waals surface area contributed by atoms with Crippen LogP contribution in [-0.4, -0.2) is 21.7 Å². The van der Waals surface area contributed by atoms with Crippen molar-refractivity contribution < 1.29 is 10.3 Å². The molecule has 0 fully saturated rings. The molecule has 22 heavy (non-hydrogen) atoms. The Hall–Kier alpha value is -1.29. The number of nitrogens with zero attached hydrogens (tertiary/aromatic N) is 1. The number of hydrogen-bond acceptors (Lipinski definition) is 3. The van der Waals surface area contributed by atoms with Crippen molar-refractivity contribution in [2.24, 2.45) is 0 Å². The van der Waals surface area contributed by atoms with Gasteiger partial charge in [0.1, 0.15) is 0 Å². The highest BCUT2D eigenvalue weighted by atomic mass is 16.5. The maximum Gasteiger partial charge on any atom is 0.188 e. The molecule has 4 nitrogen and oxygen atoms in total. The highest BCUT2D eigenvalue weighted by Crippen LogP contribution is 2.14. The van der Waals surface area contributed by atoms with Gasteiger partial charge >= 0.3 is 0 Å². The van der Waals surface area contributed by atoms with E-state index in [1.807, 2.05) is 6.92 Å². The van der Waals surface area contributed by atoms with Crippen LogP contribution in [0, 0.1) is 20.8 Å². The summed E-state index contributed by atoms with van der Waals surface area (Å²) < 4.78 is 1.15. The van der Waals surface area contributed by atoms with Gasteiger partial charge in [0.15, 0.2) is 5.43 Å². The van der Waals surface area contributed by atoms with E-state index in [4.69, 9.17) is 5.11 Å². The van der Waals surface area contributed by atoms with E-state index in [0.717, 1.165) is 42.4 Å². The lowest BCUT2D eigenvalue weighted by molar-refractivity contribution is 0.169. The molecule has 0 aliphatic rings. The van der Waals surface area contributed by atoms with Crippen molar-refractivity contribution in [3.63, 3.8) is 0 Å². The average molecular weight is 309 g/mol. The van der Waals surface area contributed by atoms with E-state index < -0.39 is 0 Å². The van der Waals surface area contributed by atoms with Crippen LogP contribution in [0.2, 0.25) is 0 Å². The normalized spacial score (nSPS) is 11.1. The molecule has 0 bridgehead atoms. The molecule has 1 rings (SSSR count). The van der Waals surface area contributed by atoms with Gasteiger partial charge < -0.3 is 10.3 Å². The Labute approximate surface area is 133 Å². The summed E-state index contributed by atoms with van der Waals surface area (Å²) >= 11 is 0. The molecule has 2 N–H and O–H groups in total. The van der Waals surface area contributed by atoms with Crippen LogP contribution in [0.4, 0.5) is 0 Å². The summed E-state index contributed by atoms with van der Waals surface area (Å²) in [6.07, 6.45) is 9.74. The first-order valence-corrected chi connectivity index (χ1v) is 8.52. The Kier molecular flexibility index (Phi) is 8.25. The molecule has 0 atom stereocenters. The van der Waals surface area contributed by atoms with E-state index in [1.165, 1.54) is 25.7 Å². The summed E-state index contributed by atoms with van der Waals surface area (Å²) in [5, 5.41) is 18.7. The molecular formula is C18H31NO3. The van der Waals surface area contributed by atoms with Gasteiger partial charge in [0.2, 0.25) is 0 Å². The summed E-state index contributed by atoms with van der Waals surface area (Å²) in [6.45, 7) is 5.66. The standard InChI is InChI=1S/C18H31NO3/c1-14-15(2)19(22)16(3)17(18(14)21)12-10-8-6-4-5-7-9-11-13-20/h20,22H,4-13H2,1-3H3. The third kappa shape index (κ3) is 5.16. The van der Waals surface area contributed by atoms with Crippen LogP contribution in [0.3, 0.4) is 0 Å². The second kappa shape index (κ2) is 9.67. The molecule has 0 radical (unpaired) electrons. The second-order valence-electron chi connectivity index (χ2n) is 6.22. The summed E-state index contributed by atoms with van der Waals surface area (Å²) in [5.41, 5.74) is 2.80. The van der Waals surface area contributed by atoms with Crippen LogP contribution in [-0.2, 0) is 6.42 Å². The van der Waals surface area contributed by atoms with Crippen molar-refractivity contribution in [1.29, 1.82) is 0 Å². The van der Waals surface area contributed by atoms with Gasteiger partial charge in [-0.05, 0) is 40.0 Å². The molecule has 4 heteroatoms. The molecule has 126 valence electrons. The van der Waals surface area contributed by atoms with Crippen molar-refractivity contribution in [2.45, 2.75) is 78.6 Å². The van der Waals surface area contributed by atoms with Crippen LogP contribution >= 0.6 is 0 Å². The maximum absolute atomic E-state index is 12.3. The minimum absolute atomic E-state index is 0.0873. The lowest BCUT2D eigenvalue weighted by Crippen LogP contribution is -2.22. The van der Waals surface area contributed by atoms with Crippen molar-refractivity contribution in [3.8, 4) is 0 Å². The first-order chi connectivity index (χ1) is 10.5. The molecule has 1 aromatic heterocycles. The van der Waals surface area contributed by atoms with E-state index in [9.17, 15) is 10.0 Å². The van der Waals surface area contributed by atoms with Crippen molar-refractivity contribution in [3.05, 3.63) is 32.7 Å². The van der Waals surface area contributed by atoms with Gasteiger partial charge in [-0.2, -0.15) is 4.73 Å². The molecule has 1 aromatic rings. The summed E-state index contributed by atoms with van der Waals surface area (Å²) in [7, 11) is 0. The zero-order valence-electron chi connectivity index (χ0n) is 14.3. The van der Waals surface area contributed by atoms with Gasteiger partial charge in [0.25, 0.3) is 0 Å². The average Bonchev–Trinajstić information content (AvgIpc) is 2.52. The highest BCUT2D eigenvalue weighted by Gasteiger charge is 2.13. The summed E-state index contributed by atoms with van der Waals surface area (Å²) in [5.74, 6) is 0. The minimum Gasteiger partial charge on any atom is -0.428 e. The summed E-state index contributed by atoms with van der Waals surface area (Å²) in [6, 6.07) is 0. The van der Waals surface area contributed by atoms with Gasteiger partial charge in [-0.3, -0.25) is 4.79 Å². The van der Waals surface area contributed by atoms with Crippen LogP contribution in [0.25, 0.3) is 0 Å². The number of aliphatic hydroxyl groups excluding tert-OH is 1. The van der Waals surface area contributed by atoms with Gasteiger partial charge in [-0.1, -0.05) is 38.5 Å². The molecule has 0 saturated carbocycles. The van der Waals surface area contributed by atoms with Gasteiger partial charge in [0, 0.05) is 17.7 Å². The number of unbranched alkanes of at least 4 members (excludes halogenated alkanes) is 7. The molecule has 0 amide bonds. The number of hydrogen-bond donors (Lipinski definition) is 2. The fraction of sp³-hybridized carbons (Fsp3) is 0.722. The first kappa shape index (κ1) is 18.8.